The van der Waals surface area contributed by atoms with E-state index in [0.29, 0.717) is 17.9 Å². The van der Waals surface area contributed by atoms with Crippen LogP contribution < -0.4 is 15.7 Å². The number of hydrazone groups is 1. The summed E-state index contributed by atoms with van der Waals surface area (Å²) in [7, 11) is 0. The van der Waals surface area contributed by atoms with Gasteiger partial charge in [0.25, 0.3) is 5.56 Å². The zero-order valence-electron chi connectivity index (χ0n) is 12.2. The number of rotatable bonds is 5. The molecule has 0 radical (unpaired) electrons. The van der Waals surface area contributed by atoms with Gasteiger partial charge in [-0.15, -0.1) is 0 Å². The third kappa shape index (κ3) is 3.12. The van der Waals surface area contributed by atoms with E-state index in [4.69, 9.17) is 4.74 Å². The van der Waals surface area contributed by atoms with Crippen molar-refractivity contribution >= 4 is 23.3 Å². The first-order chi connectivity index (χ1) is 11.2. The zero-order chi connectivity index (χ0) is 16.2. The molecule has 0 fully saturated rings. The number of fused-ring (bicyclic) bond motifs is 1. The predicted octanol–water partition coefficient (Wildman–Crippen LogP) is 1.20. The fourth-order valence-corrected chi connectivity index (χ4v) is 1.95. The minimum absolute atomic E-state index is 0.0456. The Balaban J connectivity index is 1.75. The topological polar surface area (TPSA) is 128 Å². The van der Waals surface area contributed by atoms with Gasteiger partial charge in [0.05, 0.1) is 19.1 Å². The Bertz CT molecular complexity index is 914. The summed E-state index contributed by atoms with van der Waals surface area (Å²) in [5.74, 6) is 0.896. The largest absolute Gasteiger partial charge is 0.507 e. The molecule has 0 saturated heterocycles. The molecular formula is C14H14N6O3. The average Bonchev–Trinajstić information content (AvgIpc) is 2.94. The van der Waals surface area contributed by atoms with Crippen molar-refractivity contribution in [2.24, 2.45) is 5.10 Å². The highest BCUT2D eigenvalue weighted by Gasteiger charge is 2.06. The first kappa shape index (κ1) is 14.6. The molecule has 0 aliphatic rings. The number of aromatic nitrogens is 4. The van der Waals surface area contributed by atoms with E-state index >= 15 is 0 Å². The van der Waals surface area contributed by atoms with Crippen molar-refractivity contribution in [1.29, 1.82) is 0 Å². The van der Waals surface area contributed by atoms with Crippen LogP contribution in [-0.2, 0) is 0 Å². The van der Waals surface area contributed by atoms with E-state index < -0.39 is 0 Å². The van der Waals surface area contributed by atoms with E-state index in [2.05, 4.69) is 30.5 Å². The van der Waals surface area contributed by atoms with Gasteiger partial charge in [-0.2, -0.15) is 10.1 Å². The number of imidazole rings is 1. The molecule has 4 N–H and O–H groups in total. The van der Waals surface area contributed by atoms with Crippen LogP contribution in [0.15, 0.2) is 34.4 Å². The quantitative estimate of drug-likeness (QED) is 0.414. The fourth-order valence-electron chi connectivity index (χ4n) is 1.95. The minimum Gasteiger partial charge on any atom is -0.507 e. The van der Waals surface area contributed by atoms with Gasteiger partial charge in [0, 0.05) is 11.6 Å². The van der Waals surface area contributed by atoms with Gasteiger partial charge in [0.2, 0.25) is 5.95 Å². The van der Waals surface area contributed by atoms with Gasteiger partial charge in [-0.3, -0.25) is 4.79 Å². The van der Waals surface area contributed by atoms with E-state index in [0.717, 1.165) is 0 Å². The maximum atomic E-state index is 11.5. The van der Waals surface area contributed by atoms with Crippen molar-refractivity contribution in [2.75, 3.05) is 12.0 Å². The maximum Gasteiger partial charge on any atom is 0.276 e. The smallest absolute Gasteiger partial charge is 0.276 e. The number of aromatic amines is 2. The molecule has 0 aliphatic heterocycles. The number of ether oxygens (including phenoxy) is 1. The summed E-state index contributed by atoms with van der Waals surface area (Å²) >= 11 is 0. The second-order valence-corrected chi connectivity index (χ2v) is 4.54. The highest BCUT2D eigenvalue weighted by Crippen LogP contribution is 2.22. The van der Waals surface area contributed by atoms with Gasteiger partial charge in [-0.05, 0) is 19.1 Å². The number of phenols is 1. The Morgan fingerprint density at radius 2 is 2.35 bits per heavy atom. The number of nitrogens with zero attached hydrogens (tertiary/aromatic N) is 3. The van der Waals surface area contributed by atoms with E-state index in [1.807, 2.05) is 6.92 Å². The van der Waals surface area contributed by atoms with Crippen LogP contribution >= 0.6 is 0 Å². The summed E-state index contributed by atoms with van der Waals surface area (Å²) in [6.45, 7) is 2.39. The molecule has 0 bridgehead atoms. The lowest BCUT2D eigenvalue weighted by atomic mass is 10.2. The van der Waals surface area contributed by atoms with Gasteiger partial charge >= 0.3 is 0 Å². The molecule has 0 spiro atoms. The summed E-state index contributed by atoms with van der Waals surface area (Å²) in [4.78, 5) is 24.7. The second-order valence-electron chi connectivity index (χ2n) is 4.54. The summed E-state index contributed by atoms with van der Waals surface area (Å²) in [6, 6.07) is 4.92. The van der Waals surface area contributed by atoms with Crippen LogP contribution in [0.3, 0.4) is 0 Å². The molecule has 9 heteroatoms. The molecule has 2 heterocycles. The Morgan fingerprint density at radius 3 is 3.09 bits per heavy atom. The SMILES string of the molecule is CCOc1ccc(/C=N\Nc2nc3nc[nH]c(=O)c3[nH]2)c(O)c1. The number of H-pyrrole nitrogens is 2. The van der Waals surface area contributed by atoms with Crippen molar-refractivity contribution in [3.8, 4) is 11.5 Å². The number of hydrogen-bond acceptors (Lipinski definition) is 7. The molecule has 0 saturated carbocycles. The van der Waals surface area contributed by atoms with Gasteiger partial charge in [-0.25, -0.2) is 10.4 Å². The Labute approximate surface area is 130 Å². The fraction of sp³-hybridized carbons (Fsp3) is 0.143. The minimum atomic E-state index is -0.316. The van der Waals surface area contributed by atoms with Crippen LogP contribution in [0.1, 0.15) is 12.5 Å². The molecule has 3 aromatic rings. The molecule has 0 unspecified atom stereocenters. The van der Waals surface area contributed by atoms with Crippen molar-refractivity contribution in [3.63, 3.8) is 0 Å². The Hall–Kier alpha value is -3.36. The zero-order valence-corrected chi connectivity index (χ0v) is 12.2. The summed E-state index contributed by atoms with van der Waals surface area (Å²) < 4.78 is 5.29. The molecular weight excluding hydrogens is 300 g/mol. The lowest BCUT2D eigenvalue weighted by molar-refractivity contribution is 0.337. The molecule has 23 heavy (non-hydrogen) atoms. The molecule has 9 nitrogen and oxygen atoms in total. The highest BCUT2D eigenvalue weighted by molar-refractivity contribution is 5.84. The number of phenolic OH excluding ortho intramolecular Hbond substituents is 1. The van der Waals surface area contributed by atoms with E-state index in [-0.39, 0.29) is 28.4 Å². The summed E-state index contributed by atoms with van der Waals surface area (Å²) in [5.41, 5.74) is 3.38. The standard InChI is InChI=1S/C14H14N6O3/c1-2-23-9-4-3-8(10(21)5-9)6-17-20-14-18-11-12(19-14)15-7-16-13(11)22/h3-7,21H,2H2,1H3,(H3,15,16,18,19,20,22)/b17-6-. The monoisotopic (exact) mass is 314 g/mol. The molecule has 0 aliphatic carbocycles. The number of benzene rings is 1. The predicted molar refractivity (Wildman–Crippen MR) is 85.0 cm³/mol. The van der Waals surface area contributed by atoms with Crippen molar-refractivity contribution in [2.45, 2.75) is 6.92 Å². The maximum absolute atomic E-state index is 11.5. The van der Waals surface area contributed by atoms with Crippen molar-refractivity contribution < 1.29 is 9.84 Å². The normalized spacial score (nSPS) is 11.2. The highest BCUT2D eigenvalue weighted by atomic mass is 16.5. The van der Waals surface area contributed by atoms with E-state index in [9.17, 15) is 9.90 Å². The Morgan fingerprint density at radius 1 is 1.48 bits per heavy atom. The first-order valence-electron chi connectivity index (χ1n) is 6.85. The third-order valence-corrected chi connectivity index (χ3v) is 2.98. The van der Waals surface area contributed by atoms with Gasteiger partial charge in [-0.1, -0.05) is 0 Å². The van der Waals surface area contributed by atoms with Crippen LogP contribution in [-0.4, -0.2) is 37.9 Å². The van der Waals surface area contributed by atoms with Crippen LogP contribution in [0.25, 0.3) is 11.2 Å². The number of anilines is 1. The lowest BCUT2D eigenvalue weighted by Crippen LogP contribution is -2.05. The molecule has 1 aromatic carbocycles. The molecule has 2 aromatic heterocycles. The molecule has 3 rings (SSSR count). The van der Waals surface area contributed by atoms with Gasteiger partial charge < -0.3 is 19.8 Å². The summed E-state index contributed by atoms with van der Waals surface area (Å²) in [5, 5.41) is 13.9. The van der Waals surface area contributed by atoms with Crippen LogP contribution in [0, 0.1) is 0 Å². The molecule has 118 valence electrons. The second kappa shape index (κ2) is 6.18. The third-order valence-electron chi connectivity index (χ3n) is 2.98. The van der Waals surface area contributed by atoms with E-state index in [1.165, 1.54) is 18.6 Å². The van der Waals surface area contributed by atoms with Crippen LogP contribution in [0.2, 0.25) is 0 Å². The Kier molecular flexibility index (Phi) is 3.91. The van der Waals surface area contributed by atoms with Crippen molar-refractivity contribution in [3.05, 3.63) is 40.4 Å². The molecule has 0 atom stereocenters. The molecule has 0 amide bonds. The van der Waals surface area contributed by atoms with Gasteiger partial charge in [0.15, 0.2) is 11.2 Å². The average molecular weight is 314 g/mol. The number of aromatic hydroxyl groups is 1. The van der Waals surface area contributed by atoms with Crippen LogP contribution in [0.4, 0.5) is 5.95 Å². The lowest BCUT2D eigenvalue weighted by Gasteiger charge is -2.04. The van der Waals surface area contributed by atoms with Crippen molar-refractivity contribution in [1.82, 2.24) is 19.9 Å². The number of nitrogens with one attached hydrogen (secondary N) is 3. The van der Waals surface area contributed by atoms with Crippen LogP contribution in [0.5, 0.6) is 11.5 Å². The van der Waals surface area contributed by atoms with E-state index in [1.54, 1.807) is 12.1 Å². The first-order valence-corrected chi connectivity index (χ1v) is 6.85. The van der Waals surface area contributed by atoms with Gasteiger partial charge in [0.1, 0.15) is 11.5 Å². The number of hydrogen-bond donors (Lipinski definition) is 4. The summed E-state index contributed by atoms with van der Waals surface area (Å²) in [6.07, 6.45) is 2.70.